The fraction of sp³-hybridized carbons (Fsp3) is 0.848. The van der Waals surface area contributed by atoms with E-state index < -0.39 is 51.1 Å². The van der Waals surface area contributed by atoms with Gasteiger partial charge in [0.2, 0.25) is 0 Å². The van der Waals surface area contributed by atoms with Crippen LogP contribution >= 0.6 is 7.82 Å². The summed E-state index contributed by atoms with van der Waals surface area (Å²) < 4.78 is 38.6. The van der Waals surface area contributed by atoms with Crippen molar-refractivity contribution in [2.75, 3.05) is 19.8 Å². The standard InChI is InChI=1S/C46H84NO11P/c1-3-5-7-9-11-12-13-14-15-16-17-18-19-20-21-22-23-27-31-35-44(48)54-37-40(38-55-59(52,53)56-39-41(47)46(50)51)57-45(49)36-32-28-24-26-30-34-43-42(58-43)33-29-25-10-8-6-4-2/h14-15,25,29,40-43H,3-13,16-24,26-28,30-39,47H2,1-2H3,(H,50,51)(H,52,53)/b15-14-,29-25-/t40-,41+,42?,43?/m1/s1. The summed E-state index contributed by atoms with van der Waals surface area (Å²) in [6.45, 7) is 2.76. The minimum Gasteiger partial charge on any atom is -0.480 e. The summed E-state index contributed by atoms with van der Waals surface area (Å²) in [6, 6.07) is -1.53. The number of rotatable bonds is 43. The molecule has 344 valence electrons. The van der Waals surface area contributed by atoms with Gasteiger partial charge in [0.1, 0.15) is 12.6 Å². The number of hydrogen-bond donors (Lipinski definition) is 3. The van der Waals surface area contributed by atoms with Gasteiger partial charge in [0.05, 0.1) is 25.4 Å². The van der Waals surface area contributed by atoms with Gasteiger partial charge in [-0.3, -0.25) is 23.4 Å². The molecule has 1 fully saturated rings. The maximum atomic E-state index is 12.7. The van der Waals surface area contributed by atoms with Gasteiger partial charge in [-0.25, -0.2) is 4.57 Å². The van der Waals surface area contributed by atoms with Crippen molar-refractivity contribution < 1.29 is 52.2 Å². The topological polar surface area (TPSA) is 184 Å². The van der Waals surface area contributed by atoms with Crippen LogP contribution in [0.5, 0.6) is 0 Å². The Morgan fingerprint density at radius 1 is 0.610 bits per heavy atom. The van der Waals surface area contributed by atoms with E-state index in [-0.39, 0.29) is 19.4 Å². The molecule has 0 spiro atoms. The summed E-state index contributed by atoms with van der Waals surface area (Å²) in [4.78, 5) is 46.1. The molecule has 1 aliphatic heterocycles. The van der Waals surface area contributed by atoms with Crippen molar-refractivity contribution in [3.05, 3.63) is 24.3 Å². The number of ether oxygens (including phenoxy) is 3. The van der Waals surface area contributed by atoms with Gasteiger partial charge in [-0.2, -0.15) is 0 Å². The smallest absolute Gasteiger partial charge is 0.472 e. The van der Waals surface area contributed by atoms with E-state index in [0.29, 0.717) is 25.0 Å². The summed E-state index contributed by atoms with van der Waals surface area (Å²) in [5, 5.41) is 8.90. The van der Waals surface area contributed by atoms with Crippen LogP contribution in [-0.4, -0.2) is 72.1 Å². The highest BCUT2D eigenvalue weighted by molar-refractivity contribution is 7.47. The quantitative estimate of drug-likeness (QED) is 0.0174. The van der Waals surface area contributed by atoms with Crippen LogP contribution in [0.2, 0.25) is 0 Å². The van der Waals surface area contributed by atoms with Crippen molar-refractivity contribution in [2.24, 2.45) is 5.73 Å². The molecule has 4 N–H and O–H groups in total. The number of allylic oxidation sites excluding steroid dienone is 3. The number of carboxylic acids is 1. The van der Waals surface area contributed by atoms with E-state index in [4.69, 9.17) is 29.6 Å². The Kier molecular flexibility index (Phi) is 35.1. The highest BCUT2D eigenvalue weighted by Crippen LogP contribution is 2.43. The normalized spacial score (nSPS) is 17.3. The predicted molar refractivity (Wildman–Crippen MR) is 235 cm³/mol. The molecule has 0 aromatic heterocycles. The molecular weight excluding hydrogens is 773 g/mol. The molecule has 13 heteroatoms. The van der Waals surface area contributed by atoms with Crippen LogP contribution in [0.25, 0.3) is 0 Å². The van der Waals surface area contributed by atoms with E-state index in [2.05, 4.69) is 42.7 Å². The first-order valence-electron chi connectivity index (χ1n) is 23.5. The second-order valence-corrected chi connectivity index (χ2v) is 17.7. The SMILES string of the molecule is CCCCC/C=C\CC1OC1CCCCCCCC(=O)O[C@H](COC(=O)CCCCCCCCCCC/C=C\CCCCCCCC)COP(=O)(O)OC[C@H](N)C(=O)O. The van der Waals surface area contributed by atoms with E-state index in [1.807, 2.05) is 0 Å². The summed E-state index contributed by atoms with van der Waals surface area (Å²) in [6.07, 6.45) is 41.1. The van der Waals surface area contributed by atoms with Gasteiger partial charge in [-0.15, -0.1) is 0 Å². The van der Waals surface area contributed by atoms with Crippen LogP contribution in [0.3, 0.4) is 0 Å². The molecule has 0 saturated carbocycles. The molecule has 0 bridgehead atoms. The van der Waals surface area contributed by atoms with Crippen molar-refractivity contribution in [1.29, 1.82) is 0 Å². The molecule has 1 aliphatic rings. The minimum atomic E-state index is -4.73. The van der Waals surface area contributed by atoms with Gasteiger partial charge in [0.15, 0.2) is 6.10 Å². The number of unbranched alkanes of at least 4 members (excludes halogenated alkanes) is 22. The fourth-order valence-corrected chi connectivity index (χ4v) is 7.55. The summed E-state index contributed by atoms with van der Waals surface area (Å²) in [7, 11) is -4.73. The van der Waals surface area contributed by atoms with Crippen molar-refractivity contribution in [2.45, 2.75) is 231 Å². The molecular formula is C46H84NO11P. The number of carboxylic acid groups (broad SMARTS) is 1. The van der Waals surface area contributed by atoms with E-state index in [1.54, 1.807) is 0 Å². The van der Waals surface area contributed by atoms with Crippen LogP contribution in [0.4, 0.5) is 0 Å². The van der Waals surface area contributed by atoms with Gasteiger partial charge in [0.25, 0.3) is 0 Å². The minimum absolute atomic E-state index is 0.139. The molecule has 1 rings (SSSR count). The second kappa shape index (κ2) is 37.7. The molecule has 3 unspecified atom stereocenters. The van der Waals surface area contributed by atoms with Crippen LogP contribution in [0.1, 0.15) is 206 Å². The Balaban J connectivity index is 2.24. The fourth-order valence-electron chi connectivity index (χ4n) is 6.77. The summed E-state index contributed by atoms with van der Waals surface area (Å²) >= 11 is 0. The largest absolute Gasteiger partial charge is 0.480 e. The summed E-state index contributed by atoms with van der Waals surface area (Å²) in [5.74, 6) is -2.40. The Labute approximate surface area is 357 Å². The molecule has 59 heavy (non-hydrogen) atoms. The Hall–Kier alpha value is -2.08. The Morgan fingerprint density at radius 3 is 1.64 bits per heavy atom. The number of aliphatic carboxylic acids is 1. The number of carbonyl (C=O) groups excluding carboxylic acids is 2. The first-order chi connectivity index (χ1) is 28.6. The molecule has 5 atom stereocenters. The third-order valence-electron chi connectivity index (χ3n) is 10.6. The lowest BCUT2D eigenvalue weighted by atomic mass is 10.1. The first kappa shape index (κ1) is 54.9. The van der Waals surface area contributed by atoms with Crippen LogP contribution < -0.4 is 5.73 Å². The average Bonchev–Trinajstić information content (AvgIpc) is 3.97. The predicted octanol–water partition coefficient (Wildman–Crippen LogP) is 11.6. The van der Waals surface area contributed by atoms with E-state index in [9.17, 15) is 23.8 Å². The Bertz CT molecular complexity index is 1170. The third kappa shape index (κ3) is 35.2. The molecule has 0 aromatic rings. The molecule has 0 aromatic carbocycles. The highest BCUT2D eigenvalue weighted by atomic mass is 31.2. The maximum absolute atomic E-state index is 12.7. The van der Waals surface area contributed by atoms with Crippen molar-refractivity contribution >= 4 is 25.7 Å². The van der Waals surface area contributed by atoms with E-state index >= 15 is 0 Å². The van der Waals surface area contributed by atoms with Gasteiger partial charge < -0.3 is 29.9 Å². The van der Waals surface area contributed by atoms with E-state index in [1.165, 1.54) is 103 Å². The number of esters is 2. The number of phosphoric acid groups is 1. The lowest BCUT2D eigenvalue weighted by molar-refractivity contribution is -0.161. The van der Waals surface area contributed by atoms with Crippen molar-refractivity contribution in [3.8, 4) is 0 Å². The molecule has 1 saturated heterocycles. The van der Waals surface area contributed by atoms with Crippen molar-refractivity contribution in [1.82, 2.24) is 0 Å². The molecule has 0 amide bonds. The van der Waals surface area contributed by atoms with Gasteiger partial charge in [-0.1, -0.05) is 154 Å². The molecule has 0 aliphatic carbocycles. The lowest BCUT2D eigenvalue weighted by Gasteiger charge is -2.20. The average molecular weight is 858 g/mol. The zero-order valence-corrected chi connectivity index (χ0v) is 37.9. The van der Waals surface area contributed by atoms with E-state index in [0.717, 1.165) is 64.2 Å². The second-order valence-electron chi connectivity index (χ2n) is 16.3. The number of carbonyl (C=O) groups is 3. The van der Waals surface area contributed by atoms with Gasteiger partial charge in [0, 0.05) is 12.8 Å². The van der Waals surface area contributed by atoms with Crippen LogP contribution in [-0.2, 0) is 42.2 Å². The summed E-state index contributed by atoms with van der Waals surface area (Å²) in [5.41, 5.74) is 5.34. The zero-order chi connectivity index (χ0) is 43.2. The highest BCUT2D eigenvalue weighted by Gasteiger charge is 2.36. The number of hydrogen-bond acceptors (Lipinski definition) is 10. The van der Waals surface area contributed by atoms with Gasteiger partial charge >= 0.3 is 25.7 Å². The number of nitrogens with two attached hydrogens (primary N) is 1. The van der Waals surface area contributed by atoms with Crippen LogP contribution in [0, 0.1) is 0 Å². The lowest BCUT2D eigenvalue weighted by Crippen LogP contribution is -2.34. The number of phosphoric ester groups is 1. The third-order valence-corrected chi connectivity index (χ3v) is 11.5. The molecule has 1 heterocycles. The Morgan fingerprint density at radius 2 is 1.07 bits per heavy atom. The zero-order valence-electron chi connectivity index (χ0n) is 37.0. The molecule has 0 radical (unpaired) electrons. The van der Waals surface area contributed by atoms with Crippen molar-refractivity contribution in [3.63, 3.8) is 0 Å². The monoisotopic (exact) mass is 858 g/mol. The van der Waals surface area contributed by atoms with Gasteiger partial charge in [-0.05, 0) is 64.2 Å². The first-order valence-corrected chi connectivity index (χ1v) is 25.0. The van der Waals surface area contributed by atoms with Crippen LogP contribution in [0.15, 0.2) is 24.3 Å². The molecule has 12 nitrogen and oxygen atoms in total. The maximum Gasteiger partial charge on any atom is 0.472 e. The number of epoxide rings is 1.